The number of likely N-dealkylation sites (tertiary alicyclic amines) is 2. The zero-order valence-electron chi connectivity index (χ0n) is 16.1. The van der Waals surface area contributed by atoms with Gasteiger partial charge in [0.15, 0.2) is 0 Å². The van der Waals surface area contributed by atoms with E-state index in [0.29, 0.717) is 0 Å². The van der Waals surface area contributed by atoms with E-state index in [-0.39, 0.29) is 0 Å². The highest BCUT2D eigenvalue weighted by Gasteiger charge is 2.24. The SMILES string of the molecule is CC.CC(C)CCCN1CCC(CC2CCN(C)CC2)CC1. The highest BCUT2D eigenvalue weighted by Crippen LogP contribution is 2.29. The largest absolute Gasteiger partial charge is 0.306 e. The van der Waals surface area contributed by atoms with Gasteiger partial charge in [-0.15, -0.1) is 0 Å². The predicted molar refractivity (Wildman–Crippen MR) is 99.4 cm³/mol. The summed E-state index contributed by atoms with van der Waals surface area (Å²) in [5.74, 6) is 2.94. The normalized spacial score (nSPS) is 22.6. The maximum absolute atomic E-state index is 2.72. The van der Waals surface area contributed by atoms with Crippen LogP contribution in [0.15, 0.2) is 0 Å². The third-order valence-electron chi connectivity index (χ3n) is 5.47. The first-order valence-corrected chi connectivity index (χ1v) is 10.0. The van der Waals surface area contributed by atoms with Crippen molar-refractivity contribution in [3.05, 3.63) is 0 Å². The van der Waals surface area contributed by atoms with Crippen LogP contribution < -0.4 is 0 Å². The Balaban J connectivity index is 0.00000116. The van der Waals surface area contributed by atoms with Crippen molar-refractivity contribution in [2.75, 3.05) is 39.8 Å². The number of hydrogen-bond acceptors (Lipinski definition) is 2. The molecule has 2 nitrogen and oxygen atoms in total. The van der Waals surface area contributed by atoms with E-state index < -0.39 is 0 Å². The Kier molecular flexibility index (Phi) is 10.4. The van der Waals surface area contributed by atoms with Crippen molar-refractivity contribution in [1.82, 2.24) is 9.80 Å². The first kappa shape index (κ1) is 20.0. The van der Waals surface area contributed by atoms with Crippen LogP contribution in [0.3, 0.4) is 0 Å². The molecule has 22 heavy (non-hydrogen) atoms. The minimum atomic E-state index is 0.872. The lowest BCUT2D eigenvalue weighted by Crippen LogP contribution is -2.36. The summed E-state index contributed by atoms with van der Waals surface area (Å²) < 4.78 is 0. The van der Waals surface area contributed by atoms with Crippen molar-refractivity contribution < 1.29 is 0 Å². The van der Waals surface area contributed by atoms with E-state index in [1.165, 1.54) is 77.7 Å². The van der Waals surface area contributed by atoms with Crippen LogP contribution in [0.1, 0.15) is 72.6 Å². The van der Waals surface area contributed by atoms with Crippen LogP contribution in [-0.4, -0.2) is 49.6 Å². The Labute approximate surface area is 140 Å². The van der Waals surface area contributed by atoms with Gasteiger partial charge in [0.2, 0.25) is 0 Å². The molecule has 0 aromatic carbocycles. The summed E-state index contributed by atoms with van der Waals surface area (Å²) >= 11 is 0. The van der Waals surface area contributed by atoms with Crippen molar-refractivity contribution in [1.29, 1.82) is 0 Å². The Morgan fingerprint density at radius 3 is 1.86 bits per heavy atom. The second kappa shape index (κ2) is 11.5. The smallest absolute Gasteiger partial charge is 0.00161 e. The molecule has 0 spiro atoms. The average molecular weight is 311 g/mol. The zero-order chi connectivity index (χ0) is 16.4. The third kappa shape index (κ3) is 7.97. The lowest BCUT2D eigenvalue weighted by Gasteiger charge is -2.36. The molecule has 132 valence electrons. The Bertz CT molecular complexity index is 248. The summed E-state index contributed by atoms with van der Waals surface area (Å²) in [5, 5.41) is 0. The van der Waals surface area contributed by atoms with Gasteiger partial charge in [0.25, 0.3) is 0 Å². The fourth-order valence-electron chi connectivity index (χ4n) is 3.94. The van der Waals surface area contributed by atoms with Gasteiger partial charge in [-0.05, 0) is 102 Å². The van der Waals surface area contributed by atoms with Gasteiger partial charge in [-0.2, -0.15) is 0 Å². The molecule has 0 aliphatic carbocycles. The average Bonchev–Trinajstić information content (AvgIpc) is 2.53. The first-order valence-electron chi connectivity index (χ1n) is 10.0. The summed E-state index contributed by atoms with van der Waals surface area (Å²) in [7, 11) is 2.27. The van der Waals surface area contributed by atoms with Gasteiger partial charge in [-0.1, -0.05) is 27.7 Å². The summed E-state index contributed by atoms with van der Waals surface area (Å²) in [6.07, 6.45) is 10.2. The molecule has 2 heteroatoms. The van der Waals surface area contributed by atoms with E-state index in [0.717, 1.165) is 17.8 Å². The second-order valence-corrected chi connectivity index (χ2v) is 7.80. The molecule has 0 radical (unpaired) electrons. The van der Waals surface area contributed by atoms with Crippen LogP contribution in [0.2, 0.25) is 0 Å². The van der Waals surface area contributed by atoms with Crippen molar-refractivity contribution in [3.63, 3.8) is 0 Å². The van der Waals surface area contributed by atoms with Crippen molar-refractivity contribution in [3.8, 4) is 0 Å². The van der Waals surface area contributed by atoms with Crippen LogP contribution in [0.5, 0.6) is 0 Å². The molecule has 2 heterocycles. The summed E-state index contributed by atoms with van der Waals surface area (Å²) in [4.78, 5) is 5.21. The zero-order valence-corrected chi connectivity index (χ0v) is 16.1. The maximum Gasteiger partial charge on any atom is -0.00161 e. The van der Waals surface area contributed by atoms with Gasteiger partial charge < -0.3 is 9.80 Å². The Hall–Kier alpha value is -0.0800. The lowest BCUT2D eigenvalue weighted by molar-refractivity contribution is 0.140. The molecule has 2 saturated heterocycles. The fraction of sp³-hybridized carbons (Fsp3) is 1.00. The molecule has 2 aliphatic heterocycles. The third-order valence-corrected chi connectivity index (χ3v) is 5.47. The number of nitrogens with zero attached hydrogens (tertiary/aromatic N) is 2. The van der Waals surface area contributed by atoms with Crippen LogP contribution in [0.4, 0.5) is 0 Å². The highest BCUT2D eigenvalue weighted by molar-refractivity contribution is 4.78. The summed E-state index contributed by atoms with van der Waals surface area (Å²) in [6, 6.07) is 0. The molecule has 0 N–H and O–H groups in total. The van der Waals surface area contributed by atoms with Crippen molar-refractivity contribution in [2.24, 2.45) is 17.8 Å². The molecule has 0 aromatic heterocycles. The monoisotopic (exact) mass is 310 g/mol. The topological polar surface area (TPSA) is 6.48 Å². The molecule has 0 aromatic rings. The quantitative estimate of drug-likeness (QED) is 0.689. The summed E-state index contributed by atoms with van der Waals surface area (Å²) in [5.41, 5.74) is 0. The van der Waals surface area contributed by atoms with Gasteiger partial charge in [0, 0.05) is 0 Å². The van der Waals surface area contributed by atoms with Crippen LogP contribution in [0.25, 0.3) is 0 Å². The number of hydrogen-bond donors (Lipinski definition) is 0. The van der Waals surface area contributed by atoms with Crippen LogP contribution >= 0.6 is 0 Å². The number of piperidine rings is 2. The first-order chi connectivity index (χ1) is 10.6. The predicted octanol–water partition coefficient (Wildman–Crippen LogP) is 4.89. The van der Waals surface area contributed by atoms with Crippen molar-refractivity contribution >= 4 is 0 Å². The van der Waals surface area contributed by atoms with Crippen LogP contribution in [0, 0.1) is 17.8 Å². The fourth-order valence-corrected chi connectivity index (χ4v) is 3.94. The van der Waals surface area contributed by atoms with Gasteiger partial charge in [0.05, 0.1) is 0 Å². The molecule has 0 bridgehead atoms. The molecular formula is C20H42N2. The standard InChI is InChI=1S/C18H36N2.C2H6/c1-16(2)5-4-10-20-13-8-18(9-14-20)15-17-6-11-19(3)12-7-17;1-2/h16-18H,4-15H2,1-3H3;1-2H3. The van der Waals surface area contributed by atoms with E-state index in [4.69, 9.17) is 0 Å². The Morgan fingerprint density at radius 2 is 1.36 bits per heavy atom. The molecule has 0 unspecified atom stereocenters. The van der Waals surface area contributed by atoms with E-state index in [1.54, 1.807) is 0 Å². The second-order valence-electron chi connectivity index (χ2n) is 7.80. The molecule has 2 fully saturated rings. The Morgan fingerprint density at radius 1 is 0.864 bits per heavy atom. The minimum absolute atomic E-state index is 0.872. The minimum Gasteiger partial charge on any atom is -0.306 e. The number of rotatable bonds is 6. The van der Waals surface area contributed by atoms with Gasteiger partial charge in [0.1, 0.15) is 0 Å². The maximum atomic E-state index is 2.72. The van der Waals surface area contributed by atoms with Crippen LogP contribution in [-0.2, 0) is 0 Å². The van der Waals surface area contributed by atoms with E-state index >= 15 is 0 Å². The molecule has 0 amide bonds. The van der Waals surface area contributed by atoms with Gasteiger partial charge >= 0.3 is 0 Å². The van der Waals surface area contributed by atoms with Crippen molar-refractivity contribution in [2.45, 2.75) is 72.6 Å². The molecule has 2 aliphatic rings. The lowest BCUT2D eigenvalue weighted by atomic mass is 9.83. The molecule has 2 rings (SSSR count). The van der Waals surface area contributed by atoms with E-state index in [2.05, 4.69) is 30.7 Å². The highest BCUT2D eigenvalue weighted by atomic mass is 15.1. The van der Waals surface area contributed by atoms with Gasteiger partial charge in [-0.3, -0.25) is 0 Å². The molecule has 0 saturated carbocycles. The van der Waals surface area contributed by atoms with E-state index in [1.807, 2.05) is 13.8 Å². The van der Waals surface area contributed by atoms with Gasteiger partial charge in [-0.25, -0.2) is 0 Å². The summed E-state index contributed by atoms with van der Waals surface area (Å²) in [6.45, 7) is 15.4. The van der Waals surface area contributed by atoms with E-state index in [9.17, 15) is 0 Å². The molecule has 0 atom stereocenters. The molecular weight excluding hydrogens is 268 g/mol.